The van der Waals surface area contributed by atoms with Gasteiger partial charge in [0, 0.05) is 5.56 Å². The molecule has 0 radical (unpaired) electrons. The van der Waals surface area contributed by atoms with Gasteiger partial charge in [0.2, 0.25) is 0 Å². The van der Waals surface area contributed by atoms with Crippen molar-refractivity contribution in [3.05, 3.63) is 22.6 Å². The highest BCUT2D eigenvalue weighted by Gasteiger charge is 2.14. The van der Waals surface area contributed by atoms with Crippen LogP contribution >= 0.6 is 0 Å². The fraction of sp³-hybridized carbons (Fsp3) is 0.545. The second-order valence-corrected chi connectivity index (χ2v) is 4.27. The van der Waals surface area contributed by atoms with E-state index in [9.17, 15) is 0 Å². The van der Waals surface area contributed by atoms with Crippen LogP contribution in [0.25, 0.3) is 5.65 Å². The largest absolute Gasteiger partial charge is 0.197 e. The highest BCUT2D eigenvalue weighted by molar-refractivity contribution is 5.50. The van der Waals surface area contributed by atoms with Gasteiger partial charge in [0.05, 0.1) is 5.69 Å². The Labute approximate surface area is 89.3 Å². The van der Waals surface area contributed by atoms with Crippen molar-refractivity contribution in [2.45, 2.75) is 40.5 Å². The zero-order valence-electron chi connectivity index (χ0n) is 9.87. The maximum absolute atomic E-state index is 4.59. The molecule has 2 aromatic rings. The minimum Gasteiger partial charge on any atom is -0.197 e. The highest BCUT2D eigenvalue weighted by atomic mass is 15.4. The van der Waals surface area contributed by atoms with Crippen molar-refractivity contribution in [1.82, 2.24) is 19.8 Å². The first-order valence-corrected chi connectivity index (χ1v) is 5.21. The number of aromatic nitrogens is 4. The number of rotatable bonds is 1. The number of fused-ring (bicyclic) bond motifs is 1. The minimum absolute atomic E-state index is 0.426. The van der Waals surface area contributed by atoms with E-state index in [-0.39, 0.29) is 0 Å². The first kappa shape index (κ1) is 10.1. The summed E-state index contributed by atoms with van der Waals surface area (Å²) in [6, 6.07) is 0. The number of hydrogen-bond acceptors (Lipinski definition) is 3. The van der Waals surface area contributed by atoms with Gasteiger partial charge in [0.15, 0.2) is 11.5 Å². The van der Waals surface area contributed by atoms with Gasteiger partial charge < -0.3 is 0 Å². The standard InChI is InChI=1S/C11H16N4/c1-6(2)10-7(3)8(4)11-13-12-9(5)15(11)14-10/h6H,1-5H3. The molecule has 0 aliphatic heterocycles. The first-order valence-electron chi connectivity index (χ1n) is 5.21. The molecule has 80 valence electrons. The van der Waals surface area contributed by atoms with Gasteiger partial charge in [-0.2, -0.15) is 9.61 Å². The van der Waals surface area contributed by atoms with E-state index in [0.717, 1.165) is 17.2 Å². The summed E-state index contributed by atoms with van der Waals surface area (Å²) in [5.74, 6) is 1.27. The molecule has 0 atom stereocenters. The molecule has 0 unspecified atom stereocenters. The summed E-state index contributed by atoms with van der Waals surface area (Å²) in [4.78, 5) is 0. The maximum Gasteiger partial charge on any atom is 0.181 e. The molecule has 4 heteroatoms. The molecule has 0 saturated carbocycles. The molecular formula is C11H16N4. The Hall–Kier alpha value is -1.45. The number of aryl methyl sites for hydroxylation is 2. The second kappa shape index (κ2) is 3.29. The van der Waals surface area contributed by atoms with Crippen LogP contribution in [0.1, 0.15) is 42.4 Å². The average Bonchev–Trinajstić information content (AvgIpc) is 2.53. The Morgan fingerprint density at radius 2 is 1.67 bits per heavy atom. The van der Waals surface area contributed by atoms with Crippen LogP contribution < -0.4 is 0 Å². The molecule has 4 nitrogen and oxygen atoms in total. The molecule has 0 N–H and O–H groups in total. The molecular weight excluding hydrogens is 188 g/mol. The lowest BCUT2D eigenvalue weighted by Crippen LogP contribution is -2.06. The predicted molar refractivity (Wildman–Crippen MR) is 59.1 cm³/mol. The lowest BCUT2D eigenvalue weighted by atomic mass is 10.0. The minimum atomic E-state index is 0.426. The molecule has 15 heavy (non-hydrogen) atoms. The van der Waals surface area contributed by atoms with Gasteiger partial charge in [-0.15, -0.1) is 10.2 Å². The van der Waals surface area contributed by atoms with E-state index in [4.69, 9.17) is 0 Å². The lowest BCUT2D eigenvalue weighted by Gasteiger charge is -2.11. The molecule has 0 spiro atoms. The maximum atomic E-state index is 4.59. The van der Waals surface area contributed by atoms with E-state index in [1.807, 2.05) is 11.4 Å². The summed E-state index contributed by atoms with van der Waals surface area (Å²) >= 11 is 0. The van der Waals surface area contributed by atoms with Crippen LogP contribution in [-0.4, -0.2) is 19.8 Å². The Morgan fingerprint density at radius 3 is 2.27 bits per heavy atom. The van der Waals surface area contributed by atoms with E-state index in [1.165, 1.54) is 11.1 Å². The zero-order chi connectivity index (χ0) is 11.2. The SMILES string of the molecule is Cc1c(C(C)C)nn2c(C)nnc2c1C. The van der Waals surface area contributed by atoms with E-state index >= 15 is 0 Å². The van der Waals surface area contributed by atoms with Gasteiger partial charge in [-0.3, -0.25) is 0 Å². The summed E-state index contributed by atoms with van der Waals surface area (Å²) in [6.45, 7) is 10.4. The van der Waals surface area contributed by atoms with Crippen LogP contribution in [0.3, 0.4) is 0 Å². The van der Waals surface area contributed by atoms with Crippen molar-refractivity contribution in [2.75, 3.05) is 0 Å². The van der Waals surface area contributed by atoms with E-state index in [1.54, 1.807) is 0 Å². The molecule has 0 amide bonds. The van der Waals surface area contributed by atoms with E-state index in [2.05, 4.69) is 43.0 Å². The summed E-state index contributed by atoms with van der Waals surface area (Å²) in [7, 11) is 0. The van der Waals surface area contributed by atoms with Crippen LogP contribution in [0.4, 0.5) is 0 Å². The smallest absolute Gasteiger partial charge is 0.181 e. The normalized spacial score (nSPS) is 11.6. The van der Waals surface area contributed by atoms with Gasteiger partial charge in [0.1, 0.15) is 0 Å². The molecule has 0 aromatic carbocycles. The van der Waals surface area contributed by atoms with Gasteiger partial charge in [-0.05, 0) is 32.3 Å². The number of nitrogens with zero attached hydrogens (tertiary/aromatic N) is 4. The number of hydrogen-bond donors (Lipinski definition) is 0. The van der Waals surface area contributed by atoms with Crippen molar-refractivity contribution in [3.63, 3.8) is 0 Å². The molecule has 0 aliphatic rings. The molecule has 0 bridgehead atoms. The average molecular weight is 204 g/mol. The zero-order valence-corrected chi connectivity index (χ0v) is 9.87. The van der Waals surface area contributed by atoms with Crippen molar-refractivity contribution >= 4 is 5.65 Å². The third-order valence-corrected chi connectivity index (χ3v) is 2.83. The molecule has 2 heterocycles. The Kier molecular flexibility index (Phi) is 2.21. The van der Waals surface area contributed by atoms with Crippen molar-refractivity contribution in [1.29, 1.82) is 0 Å². The summed E-state index contributed by atoms with van der Waals surface area (Å²) < 4.78 is 1.83. The third kappa shape index (κ3) is 1.40. The Bertz CT molecular complexity index is 511. The fourth-order valence-corrected chi connectivity index (χ4v) is 1.80. The lowest BCUT2D eigenvalue weighted by molar-refractivity contribution is 0.737. The van der Waals surface area contributed by atoms with Crippen LogP contribution in [-0.2, 0) is 0 Å². The molecule has 0 saturated heterocycles. The second-order valence-electron chi connectivity index (χ2n) is 4.27. The van der Waals surface area contributed by atoms with Gasteiger partial charge in [0.25, 0.3) is 0 Å². The topological polar surface area (TPSA) is 43.1 Å². The van der Waals surface area contributed by atoms with Gasteiger partial charge in [-0.1, -0.05) is 13.8 Å². The van der Waals surface area contributed by atoms with E-state index in [0.29, 0.717) is 5.92 Å². The first-order chi connectivity index (χ1) is 7.02. The third-order valence-electron chi connectivity index (χ3n) is 2.83. The molecule has 0 aliphatic carbocycles. The Balaban J connectivity index is 2.85. The van der Waals surface area contributed by atoms with Gasteiger partial charge >= 0.3 is 0 Å². The van der Waals surface area contributed by atoms with Crippen LogP contribution in [0.15, 0.2) is 0 Å². The fourth-order valence-electron chi connectivity index (χ4n) is 1.80. The highest BCUT2D eigenvalue weighted by Crippen LogP contribution is 2.21. The quantitative estimate of drug-likeness (QED) is 0.715. The molecule has 2 rings (SSSR count). The predicted octanol–water partition coefficient (Wildman–Crippen LogP) is 2.17. The monoisotopic (exact) mass is 204 g/mol. The molecule has 2 aromatic heterocycles. The van der Waals surface area contributed by atoms with Crippen molar-refractivity contribution < 1.29 is 0 Å². The van der Waals surface area contributed by atoms with Crippen LogP contribution in [0.5, 0.6) is 0 Å². The van der Waals surface area contributed by atoms with Crippen molar-refractivity contribution in [3.8, 4) is 0 Å². The van der Waals surface area contributed by atoms with Gasteiger partial charge in [-0.25, -0.2) is 0 Å². The van der Waals surface area contributed by atoms with Crippen LogP contribution in [0.2, 0.25) is 0 Å². The summed E-state index contributed by atoms with van der Waals surface area (Å²) in [6.07, 6.45) is 0. The summed E-state index contributed by atoms with van der Waals surface area (Å²) in [5.41, 5.74) is 4.40. The Morgan fingerprint density at radius 1 is 1.00 bits per heavy atom. The molecule has 0 fully saturated rings. The van der Waals surface area contributed by atoms with Crippen LogP contribution in [0, 0.1) is 20.8 Å². The van der Waals surface area contributed by atoms with E-state index < -0.39 is 0 Å². The summed E-state index contributed by atoms with van der Waals surface area (Å²) in [5, 5.41) is 12.8. The van der Waals surface area contributed by atoms with Crippen molar-refractivity contribution in [2.24, 2.45) is 0 Å².